The highest BCUT2D eigenvalue weighted by molar-refractivity contribution is 5.82. The van der Waals surface area contributed by atoms with E-state index in [9.17, 15) is 4.79 Å². The molecule has 182 valence electrons. The molecule has 2 aliphatic heterocycles. The normalized spacial score (nSPS) is 19.9. The van der Waals surface area contributed by atoms with E-state index in [-0.39, 0.29) is 17.9 Å². The fourth-order valence-electron chi connectivity index (χ4n) is 5.21. The Morgan fingerprint density at radius 2 is 1.83 bits per heavy atom. The number of rotatable bonds is 5. The first kappa shape index (κ1) is 23.6. The molecule has 0 bridgehead atoms. The third-order valence-electron chi connectivity index (χ3n) is 7.26. The second kappa shape index (κ2) is 10.6. The molecule has 0 radical (unpaired) electrons. The molecule has 3 aromatic rings. The van der Waals surface area contributed by atoms with Crippen molar-refractivity contribution in [3.63, 3.8) is 0 Å². The molecule has 0 saturated carbocycles. The number of hydrogen-bond donors (Lipinski definition) is 0. The number of amides is 1. The van der Waals surface area contributed by atoms with Gasteiger partial charge in [-0.1, -0.05) is 24.3 Å². The molecule has 5 rings (SSSR count). The number of pyridine rings is 1. The minimum absolute atomic E-state index is 0.133. The van der Waals surface area contributed by atoms with Crippen LogP contribution in [0.15, 0.2) is 55.0 Å². The van der Waals surface area contributed by atoms with Crippen molar-refractivity contribution in [3.8, 4) is 22.5 Å². The molecule has 1 amide bonds. The van der Waals surface area contributed by atoms with Crippen molar-refractivity contribution in [1.82, 2.24) is 24.8 Å². The maximum Gasteiger partial charge on any atom is 0.239 e. The van der Waals surface area contributed by atoms with Crippen molar-refractivity contribution in [3.05, 3.63) is 66.2 Å². The van der Waals surface area contributed by atoms with Gasteiger partial charge in [-0.2, -0.15) is 0 Å². The number of nitrogens with zero attached hydrogens (tertiary/aromatic N) is 5. The minimum Gasteiger partial charge on any atom is -0.379 e. The molecule has 2 fully saturated rings. The summed E-state index contributed by atoms with van der Waals surface area (Å²) in [5.41, 5.74) is 5.37. The summed E-state index contributed by atoms with van der Waals surface area (Å²) < 4.78 is 5.48. The van der Waals surface area contributed by atoms with Gasteiger partial charge in [-0.3, -0.25) is 14.7 Å². The van der Waals surface area contributed by atoms with Crippen LogP contribution in [0.5, 0.6) is 0 Å². The number of carbonyl (C=O) groups is 1. The number of piperidine rings is 1. The molecule has 4 heterocycles. The van der Waals surface area contributed by atoms with Gasteiger partial charge in [0.1, 0.15) is 0 Å². The fourth-order valence-corrected chi connectivity index (χ4v) is 5.21. The van der Waals surface area contributed by atoms with Crippen LogP contribution in [-0.4, -0.2) is 76.1 Å². The van der Waals surface area contributed by atoms with E-state index >= 15 is 0 Å². The summed E-state index contributed by atoms with van der Waals surface area (Å²) in [6.07, 6.45) is 7.45. The van der Waals surface area contributed by atoms with Crippen molar-refractivity contribution in [2.75, 3.05) is 39.4 Å². The zero-order valence-corrected chi connectivity index (χ0v) is 20.6. The van der Waals surface area contributed by atoms with E-state index in [1.54, 1.807) is 12.4 Å². The number of ether oxygens (including phenoxy) is 1. The molecule has 2 aromatic heterocycles. The molecule has 1 aromatic carbocycles. The van der Waals surface area contributed by atoms with Crippen LogP contribution < -0.4 is 0 Å². The first-order valence-electron chi connectivity index (χ1n) is 12.6. The van der Waals surface area contributed by atoms with E-state index in [1.807, 2.05) is 30.2 Å². The van der Waals surface area contributed by atoms with E-state index in [4.69, 9.17) is 14.7 Å². The van der Waals surface area contributed by atoms with Gasteiger partial charge in [0.15, 0.2) is 5.82 Å². The lowest BCUT2D eigenvalue weighted by molar-refractivity contribution is -0.139. The van der Waals surface area contributed by atoms with Gasteiger partial charge in [-0.05, 0) is 49.9 Å². The number of benzene rings is 1. The highest BCUT2D eigenvalue weighted by Gasteiger charge is 2.32. The van der Waals surface area contributed by atoms with Crippen molar-refractivity contribution >= 4 is 5.91 Å². The Balaban J connectivity index is 1.47. The fraction of sp³-hybridized carbons (Fsp3) is 0.429. The molecule has 0 N–H and O–H groups in total. The second-order valence-electron chi connectivity index (χ2n) is 9.49. The summed E-state index contributed by atoms with van der Waals surface area (Å²) in [6.45, 7) is 8.63. The summed E-state index contributed by atoms with van der Waals surface area (Å²) in [7, 11) is 0. The molecule has 0 aliphatic carbocycles. The van der Waals surface area contributed by atoms with Crippen molar-refractivity contribution in [1.29, 1.82) is 0 Å². The zero-order valence-electron chi connectivity index (χ0n) is 20.6. The van der Waals surface area contributed by atoms with Gasteiger partial charge in [0.25, 0.3) is 0 Å². The average Bonchev–Trinajstić information content (AvgIpc) is 2.93. The van der Waals surface area contributed by atoms with Gasteiger partial charge in [-0.15, -0.1) is 0 Å². The molecule has 0 unspecified atom stereocenters. The molecule has 2 aliphatic rings. The summed E-state index contributed by atoms with van der Waals surface area (Å²) in [4.78, 5) is 31.7. The van der Waals surface area contributed by atoms with Crippen molar-refractivity contribution in [2.45, 2.75) is 38.6 Å². The Hall–Kier alpha value is -3.16. The van der Waals surface area contributed by atoms with E-state index in [2.05, 4.69) is 41.1 Å². The average molecular weight is 472 g/mol. The van der Waals surface area contributed by atoms with Gasteiger partial charge >= 0.3 is 0 Å². The Bertz CT molecular complexity index is 1160. The standard InChI is InChI=1S/C28H33N5O2/c1-20-6-3-4-8-24(20)25-18-30-27(22-9-11-29-12-10-22)31-26(25)23-7-5-13-33(19-23)28(34)21(2)32-14-16-35-17-15-32/h3-4,6,8-12,18,21,23H,5,7,13-17,19H2,1-2H3/t21-,23+/m1/s1. The Morgan fingerprint density at radius 1 is 1.06 bits per heavy atom. The molecule has 2 atom stereocenters. The molecule has 7 nitrogen and oxygen atoms in total. The molecule has 0 spiro atoms. The van der Waals surface area contributed by atoms with Crippen molar-refractivity contribution < 1.29 is 9.53 Å². The van der Waals surface area contributed by atoms with Gasteiger partial charge in [0, 0.05) is 61.8 Å². The van der Waals surface area contributed by atoms with Crippen LogP contribution in [0.4, 0.5) is 0 Å². The monoisotopic (exact) mass is 471 g/mol. The van der Waals surface area contributed by atoms with Crippen LogP contribution >= 0.6 is 0 Å². The maximum absolute atomic E-state index is 13.5. The number of aromatic nitrogens is 3. The third-order valence-corrected chi connectivity index (χ3v) is 7.26. The van der Waals surface area contributed by atoms with E-state index < -0.39 is 0 Å². The van der Waals surface area contributed by atoms with Gasteiger partial charge in [0.2, 0.25) is 5.91 Å². The van der Waals surface area contributed by atoms with Crippen LogP contribution in [0.3, 0.4) is 0 Å². The van der Waals surface area contributed by atoms with Crippen LogP contribution in [0.2, 0.25) is 0 Å². The quantitative estimate of drug-likeness (QED) is 0.561. The highest BCUT2D eigenvalue weighted by atomic mass is 16.5. The molecular weight excluding hydrogens is 438 g/mol. The second-order valence-corrected chi connectivity index (χ2v) is 9.49. The van der Waals surface area contributed by atoms with Gasteiger partial charge < -0.3 is 9.64 Å². The van der Waals surface area contributed by atoms with E-state index in [0.717, 1.165) is 54.9 Å². The molecular formula is C28H33N5O2. The maximum atomic E-state index is 13.5. The predicted molar refractivity (Wildman–Crippen MR) is 136 cm³/mol. The zero-order chi connectivity index (χ0) is 24.2. The van der Waals surface area contributed by atoms with E-state index in [0.29, 0.717) is 25.6 Å². The topological polar surface area (TPSA) is 71.5 Å². The molecule has 2 saturated heterocycles. The number of morpholine rings is 1. The van der Waals surface area contributed by atoms with Crippen LogP contribution in [0.25, 0.3) is 22.5 Å². The summed E-state index contributed by atoms with van der Waals surface area (Å²) >= 11 is 0. The lowest BCUT2D eigenvalue weighted by Gasteiger charge is -2.38. The van der Waals surface area contributed by atoms with Gasteiger partial charge in [-0.25, -0.2) is 9.97 Å². The van der Waals surface area contributed by atoms with Crippen LogP contribution in [0.1, 0.15) is 36.9 Å². The largest absolute Gasteiger partial charge is 0.379 e. The lowest BCUT2D eigenvalue weighted by Crippen LogP contribution is -2.52. The van der Waals surface area contributed by atoms with Gasteiger partial charge in [0.05, 0.1) is 24.9 Å². The number of aryl methyl sites for hydroxylation is 1. The first-order valence-corrected chi connectivity index (χ1v) is 12.6. The predicted octanol–water partition coefficient (Wildman–Crippen LogP) is 3.94. The van der Waals surface area contributed by atoms with Crippen LogP contribution in [-0.2, 0) is 9.53 Å². The van der Waals surface area contributed by atoms with Crippen LogP contribution in [0, 0.1) is 6.92 Å². The smallest absolute Gasteiger partial charge is 0.239 e. The summed E-state index contributed by atoms with van der Waals surface area (Å²) in [6, 6.07) is 12.1. The minimum atomic E-state index is -0.133. The Labute approximate surface area is 207 Å². The SMILES string of the molecule is Cc1ccccc1-c1cnc(-c2ccncc2)nc1[C@H]1CCCN(C(=O)[C@@H](C)N2CCOCC2)C1. The number of hydrogen-bond acceptors (Lipinski definition) is 6. The molecule has 7 heteroatoms. The highest BCUT2D eigenvalue weighted by Crippen LogP contribution is 2.35. The Morgan fingerprint density at radius 3 is 2.60 bits per heavy atom. The van der Waals surface area contributed by atoms with E-state index in [1.165, 1.54) is 5.56 Å². The van der Waals surface area contributed by atoms with Crippen molar-refractivity contribution in [2.24, 2.45) is 0 Å². The number of carbonyl (C=O) groups excluding carboxylic acids is 1. The summed E-state index contributed by atoms with van der Waals surface area (Å²) in [5, 5.41) is 0. The summed E-state index contributed by atoms with van der Waals surface area (Å²) in [5.74, 6) is 1.06. The lowest BCUT2D eigenvalue weighted by atomic mass is 9.88. The first-order chi connectivity index (χ1) is 17.1. The third kappa shape index (κ3) is 5.11. The Kier molecular flexibility index (Phi) is 7.16. The number of likely N-dealkylation sites (tertiary alicyclic amines) is 1. The molecule has 35 heavy (non-hydrogen) atoms.